The SMILES string of the molecule is C=C(NC1CCc2ncnn2C1)NC(C)C1=C(C)c2ccccc2C1. The Hall–Kier alpha value is -2.56. The van der Waals surface area contributed by atoms with E-state index in [1.807, 2.05) is 4.68 Å². The third-order valence-electron chi connectivity index (χ3n) is 5.38. The van der Waals surface area contributed by atoms with Crippen LogP contribution in [0.25, 0.3) is 5.57 Å². The predicted octanol–water partition coefficient (Wildman–Crippen LogP) is 2.66. The Morgan fingerprint density at radius 2 is 2.20 bits per heavy atom. The highest BCUT2D eigenvalue weighted by Gasteiger charge is 2.23. The van der Waals surface area contributed by atoms with Gasteiger partial charge in [0, 0.05) is 18.5 Å². The highest BCUT2D eigenvalue weighted by molar-refractivity contribution is 5.75. The lowest BCUT2D eigenvalue weighted by Gasteiger charge is -2.28. The number of nitrogens with one attached hydrogen (secondary N) is 2. The smallest absolute Gasteiger partial charge is 0.138 e. The van der Waals surface area contributed by atoms with Gasteiger partial charge in [0.15, 0.2) is 0 Å². The van der Waals surface area contributed by atoms with Gasteiger partial charge >= 0.3 is 0 Å². The molecule has 130 valence electrons. The van der Waals surface area contributed by atoms with Crippen LogP contribution in [0.1, 0.15) is 37.2 Å². The fraction of sp³-hybridized carbons (Fsp3) is 0.400. The van der Waals surface area contributed by atoms with E-state index in [9.17, 15) is 0 Å². The summed E-state index contributed by atoms with van der Waals surface area (Å²) < 4.78 is 1.98. The molecule has 2 atom stereocenters. The molecule has 1 aromatic heterocycles. The maximum absolute atomic E-state index is 4.28. The van der Waals surface area contributed by atoms with E-state index in [2.05, 4.69) is 65.4 Å². The molecule has 1 aliphatic heterocycles. The quantitative estimate of drug-likeness (QED) is 0.882. The Balaban J connectivity index is 1.37. The van der Waals surface area contributed by atoms with E-state index in [0.29, 0.717) is 6.04 Å². The standard InChI is InChI=1S/C20H25N5/c1-13-18-7-5-4-6-16(18)10-19(13)14(2)23-15(3)24-17-8-9-20-21-12-22-25(20)11-17/h4-7,12,14,17,23-24H,3,8-11H2,1-2H3. The molecule has 0 fully saturated rings. The minimum Gasteiger partial charge on any atom is -0.368 e. The number of hydrogen-bond acceptors (Lipinski definition) is 4. The second kappa shape index (κ2) is 6.39. The fourth-order valence-corrected chi connectivity index (χ4v) is 4.02. The topological polar surface area (TPSA) is 54.8 Å². The molecule has 1 aliphatic carbocycles. The predicted molar refractivity (Wildman–Crippen MR) is 99.7 cm³/mol. The van der Waals surface area contributed by atoms with Crippen LogP contribution in [0.3, 0.4) is 0 Å². The summed E-state index contributed by atoms with van der Waals surface area (Å²) in [6.45, 7) is 9.47. The largest absolute Gasteiger partial charge is 0.368 e. The maximum atomic E-state index is 4.28. The molecule has 2 aliphatic rings. The van der Waals surface area contributed by atoms with Crippen molar-refractivity contribution in [2.24, 2.45) is 0 Å². The van der Waals surface area contributed by atoms with E-state index in [1.54, 1.807) is 6.33 Å². The number of aryl methyl sites for hydroxylation is 1. The van der Waals surface area contributed by atoms with Gasteiger partial charge in [-0.2, -0.15) is 5.10 Å². The van der Waals surface area contributed by atoms with E-state index in [0.717, 1.165) is 37.5 Å². The second-order valence-corrected chi connectivity index (χ2v) is 7.07. The maximum Gasteiger partial charge on any atom is 0.138 e. The summed E-state index contributed by atoms with van der Waals surface area (Å²) in [5.74, 6) is 1.96. The van der Waals surface area contributed by atoms with E-state index >= 15 is 0 Å². The van der Waals surface area contributed by atoms with Crippen molar-refractivity contribution >= 4 is 5.57 Å². The molecule has 2 heterocycles. The van der Waals surface area contributed by atoms with Gasteiger partial charge in [-0.05, 0) is 49.0 Å². The summed E-state index contributed by atoms with van der Waals surface area (Å²) in [7, 11) is 0. The van der Waals surface area contributed by atoms with Crippen LogP contribution in [0.2, 0.25) is 0 Å². The van der Waals surface area contributed by atoms with Gasteiger partial charge in [-0.1, -0.05) is 30.8 Å². The van der Waals surface area contributed by atoms with E-state index in [1.165, 1.54) is 22.3 Å². The highest BCUT2D eigenvalue weighted by Crippen LogP contribution is 2.33. The second-order valence-electron chi connectivity index (χ2n) is 7.07. The first-order valence-electron chi connectivity index (χ1n) is 8.98. The molecule has 2 aromatic rings. The molecule has 0 amide bonds. The summed E-state index contributed by atoms with van der Waals surface area (Å²) in [6, 6.07) is 9.29. The molecule has 0 bridgehead atoms. The molecule has 2 unspecified atom stereocenters. The van der Waals surface area contributed by atoms with Crippen LogP contribution >= 0.6 is 0 Å². The highest BCUT2D eigenvalue weighted by atomic mass is 15.3. The van der Waals surface area contributed by atoms with Gasteiger partial charge in [0.25, 0.3) is 0 Å². The molecule has 0 saturated carbocycles. The Morgan fingerprint density at radius 1 is 1.36 bits per heavy atom. The zero-order valence-electron chi connectivity index (χ0n) is 14.9. The Morgan fingerprint density at radius 3 is 3.04 bits per heavy atom. The third-order valence-corrected chi connectivity index (χ3v) is 5.38. The Bertz CT molecular complexity index is 832. The fourth-order valence-electron chi connectivity index (χ4n) is 4.02. The molecule has 5 heteroatoms. The number of allylic oxidation sites excluding steroid dienone is 1. The molecule has 25 heavy (non-hydrogen) atoms. The van der Waals surface area contributed by atoms with Crippen LogP contribution in [0.5, 0.6) is 0 Å². The van der Waals surface area contributed by atoms with Crippen LogP contribution in [0, 0.1) is 0 Å². The molecule has 5 nitrogen and oxygen atoms in total. The lowest BCUT2D eigenvalue weighted by Crippen LogP contribution is -2.42. The van der Waals surface area contributed by atoms with Crippen molar-refractivity contribution in [1.82, 2.24) is 25.4 Å². The average molecular weight is 335 g/mol. The van der Waals surface area contributed by atoms with Crippen molar-refractivity contribution in [2.45, 2.75) is 51.7 Å². The van der Waals surface area contributed by atoms with Gasteiger partial charge in [0.05, 0.1) is 12.4 Å². The summed E-state index contributed by atoms with van der Waals surface area (Å²) in [6.07, 6.45) is 4.68. The molecule has 0 spiro atoms. The lowest BCUT2D eigenvalue weighted by molar-refractivity contribution is 0.371. The average Bonchev–Trinajstić information content (AvgIpc) is 3.19. The summed E-state index contributed by atoms with van der Waals surface area (Å²) >= 11 is 0. The summed E-state index contributed by atoms with van der Waals surface area (Å²) in [5, 5.41) is 11.3. The van der Waals surface area contributed by atoms with Gasteiger partial charge in [0.1, 0.15) is 12.2 Å². The van der Waals surface area contributed by atoms with E-state index in [-0.39, 0.29) is 6.04 Å². The number of hydrogen-bond donors (Lipinski definition) is 2. The van der Waals surface area contributed by atoms with Crippen molar-refractivity contribution in [3.63, 3.8) is 0 Å². The van der Waals surface area contributed by atoms with E-state index < -0.39 is 0 Å². The van der Waals surface area contributed by atoms with Crippen molar-refractivity contribution in [2.75, 3.05) is 0 Å². The molecular weight excluding hydrogens is 310 g/mol. The number of aromatic nitrogens is 3. The number of rotatable bonds is 5. The van der Waals surface area contributed by atoms with Crippen molar-refractivity contribution in [3.05, 3.63) is 65.5 Å². The Kier molecular flexibility index (Phi) is 4.07. The number of benzene rings is 1. The minimum absolute atomic E-state index is 0.262. The minimum atomic E-state index is 0.262. The van der Waals surface area contributed by atoms with Gasteiger partial charge in [0.2, 0.25) is 0 Å². The first kappa shape index (κ1) is 15.9. The van der Waals surface area contributed by atoms with Crippen molar-refractivity contribution < 1.29 is 0 Å². The van der Waals surface area contributed by atoms with Crippen LogP contribution in [0.15, 0.2) is 48.6 Å². The zero-order valence-corrected chi connectivity index (χ0v) is 14.9. The van der Waals surface area contributed by atoms with Crippen LogP contribution in [0.4, 0.5) is 0 Å². The Labute approximate surface area is 148 Å². The molecule has 4 rings (SSSR count). The van der Waals surface area contributed by atoms with Gasteiger partial charge in [-0.15, -0.1) is 0 Å². The van der Waals surface area contributed by atoms with Crippen LogP contribution in [-0.2, 0) is 19.4 Å². The monoisotopic (exact) mass is 335 g/mol. The van der Waals surface area contributed by atoms with Crippen molar-refractivity contribution in [1.29, 1.82) is 0 Å². The third kappa shape index (κ3) is 3.06. The molecule has 0 radical (unpaired) electrons. The number of nitrogens with zero attached hydrogens (tertiary/aromatic N) is 3. The zero-order chi connectivity index (χ0) is 17.4. The summed E-state index contributed by atoms with van der Waals surface area (Å²) in [4.78, 5) is 4.28. The molecular formula is C20H25N5. The molecule has 1 aromatic carbocycles. The van der Waals surface area contributed by atoms with E-state index in [4.69, 9.17) is 0 Å². The first-order chi connectivity index (χ1) is 12.1. The van der Waals surface area contributed by atoms with Crippen LogP contribution < -0.4 is 10.6 Å². The number of fused-ring (bicyclic) bond motifs is 2. The molecule has 2 N–H and O–H groups in total. The lowest BCUT2D eigenvalue weighted by atomic mass is 10.0. The normalized spacial score (nSPS) is 20.0. The summed E-state index contributed by atoms with van der Waals surface area (Å²) in [5.41, 5.74) is 5.66. The van der Waals surface area contributed by atoms with Crippen LogP contribution in [-0.4, -0.2) is 26.8 Å². The van der Waals surface area contributed by atoms with Gasteiger partial charge < -0.3 is 10.6 Å². The van der Waals surface area contributed by atoms with Gasteiger partial charge in [-0.3, -0.25) is 0 Å². The molecule has 0 saturated heterocycles. The first-order valence-corrected chi connectivity index (χ1v) is 8.98. The van der Waals surface area contributed by atoms with Gasteiger partial charge in [-0.25, -0.2) is 9.67 Å². The van der Waals surface area contributed by atoms with Crippen molar-refractivity contribution in [3.8, 4) is 0 Å².